The fourth-order valence-electron chi connectivity index (χ4n) is 3.90. The fourth-order valence-corrected chi connectivity index (χ4v) is 3.90. The standard InChI is InChI=1S/C21H31FN4O2/c1-17(21(28)23-19-8-6-7-18(22)15-19)25-13-11-24(12-14-25)16-20(27)26-9-4-2-3-5-10-26/h6-8,15,17H,2-5,9-14,16H2,1H3,(H,23,28). The molecule has 2 aliphatic heterocycles. The second-order valence-electron chi connectivity index (χ2n) is 7.78. The van der Waals surface area contributed by atoms with Gasteiger partial charge in [0.05, 0.1) is 12.6 Å². The zero-order valence-corrected chi connectivity index (χ0v) is 16.7. The molecule has 0 aliphatic carbocycles. The molecule has 6 nitrogen and oxygen atoms in total. The van der Waals surface area contributed by atoms with E-state index < -0.39 is 0 Å². The average molecular weight is 391 g/mol. The van der Waals surface area contributed by atoms with Gasteiger partial charge in [-0.15, -0.1) is 0 Å². The number of hydrogen-bond acceptors (Lipinski definition) is 4. The van der Waals surface area contributed by atoms with E-state index in [9.17, 15) is 14.0 Å². The number of anilines is 1. The molecule has 0 spiro atoms. The van der Waals surface area contributed by atoms with Crippen LogP contribution in [0.4, 0.5) is 10.1 Å². The Balaban J connectivity index is 1.43. The Morgan fingerprint density at radius 3 is 2.36 bits per heavy atom. The summed E-state index contributed by atoms with van der Waals surface area (Å²) >= 11 is 0. The zero-order valence-electron chi connectivity index (χ0n) is 16.7. The SMILES string of the molecule is CC(C(=O)Nc1cccc(F)c1)N1CCN(CC(=O)N2CCCCCC2)CC1. The summed E-state index contributed by atoms with van der Waals surface area (Å²) in [6.07, 6.45) is 4.66. The number of likely N-dealkylation sites (tertiary alicyclic amines) is 1. The van der Waals surface area contributed by atoms with E-state index in [0.717, 1.165) is 52.1 Å². The van der Waals surface area contributed by atoms with Crippen molar-refractivity contribution in [3.63, 3.8) is 0 Å². The highest BCUT2D eigenvalue weighted by Crippen LogP contribution is 2.14. The second kappa shape index (κ2) is 9.98. The first-order valence-electron chi connectivity index (χ1n) is 10.3. The monoisotopic (exact) mass is 390 g/mol. The molecule has 0 radical (unpaired) electrons. The van der Waals surface area contributed by atoms with E-state index in [1.165, 1.54) is 25.0 Å². The Labute approximate surface area is 166 Å². The average Bonchev–Trinajstić information content (AvgIpc) is 2.97. The molecule has 154 valence electrons. The van der Waals surface area contributed by atoms with Crippen LogP contribution in [-0.4, -0.2) is 78.4 Å². The molecule has 28 heavy (non-hydrogen) atoms. The highest BCUT2D eigenvalue weighted by atomic mass is 19.1. The molecule has 1 unspecified atom stereocenters. The van der Waals surface area contributed by atoms with Gasteiger partial charge in [-0.05, 0) is 38.0 Å². The fraction of sp³-hybridized carbons (Fsp3) is 0.619. The van der Waals surface area contributed by atoms with E-state index >= 15 is 0 Å². The molecule has 2 amide bonds. The lowest BCUT2D eigenvalue weighted by atomic mass is 10.2. The minimum Gasteiger partial charge on any atom is -0.342 e. The number of rotatable bonds is 5. The van der Waals surface area contributed by atoms with E-state index in [2.05, 4.69) is 15.1 Å². The third-order valence-corrected chi connectivity index (χ3v) is 5.74. The van der Waals surface area contributed by atoms with Gasteiger partial charge in [-0.3, -0.25) is 19.4 Å². The molecule has 2 fully saturated rings. The van der Waals surface area contributed by atoms with Crippen molar-refractivity contribution >= 4 is 17.5 Å². The molecule has 2 heterocycles. The van der Waals surface area contributed by atoms with Crippen molar-refractivity contribution in [2.24, 2.45) is 0 Å². The third-order valence-electron chi connectivity index (χ3n) is 5.74. The number of nitrogens with one attached hydrogen (secondary N) is 1. The van der Waals surface area contributed by atoms with Crippen LogP contribution in [0.3, 0.4) is 0 Å². The summed E-state index contributed by atoms with van der Waals surface area (Å²) in [6, 6.07) is 5.63. The molecule has 0 aromatic heterocycles. The molecule has 0 bridgehead atoms. The van der Waals surface area contributed by atoms with Crippen LogP contribution >= 0.6 is 0 Å². The molecule has 2 saturated heterocycles. The Morgan fingerprint density at radius 2 is 1.71 bits per heavy atom. The van der Waals surface area contributed by atoms with Gasteiger partial charge in [-0.2, -0.15) is 0 Å². The van der Waals surface area contributed by atoms with Gasteiger partial charge in [-0.1, -0.05) is 18.9 Å². The normalized spacial score (nSPS) is 20.4. The van der Waals surface area contributed by atoms with Crippen molar-refractivity contribution in [2.75, 3.05) is 51.1 Å². The number of nitrogens with zero attached hydrogens (tertiary/aromatic N) is 3. The van der Waals surface area contributed by atoms with Gasteiger partial charge in [0.25, 0.3) is 0 Å². The van der Waals surface area contributed by atoms with Crippen LogP contribution in [0.1, 0.15) is 32.6 Å². The maximum absolute atomic E-state index is 13.3. The molecule has 0 saturated carbocycles. The van der Waals surface area contributed by atoms with Gasteiger partial charge in [0.15, 0.2) is 0 Å². The van der Waals surface area contributed by atoms with Crippen molar-refractivity contribution in [1.29, 1.82) is 0 Å². The lowest BCUT2D eigenvalue weighted by molar-refractivity contribution is -0.133. The maximum Gasteiger partial charge on any atom is 0.241 e. The van der Waals surface area contributed by atoms with Gasteiger partial charge < -0.3 is 10.2 Å². The van der Waals surface area contributed by atoms with Crippen molar-refractivity contribution in [3.8, 4) is 0 Å². The van der Waals surface area contributed by atoms with Crippen LogP contribution in [0, 0.1) is 5.82 Å². The molecule has 7 heteroatoms. The van der Waals surface area contributed by atoms with Crippen LogP contribution in [0.5, 0.6) is 0 Å². The van der Waals surface area contributed by atoms with Crippen molar-refractivity contribution < 1.29 is 14.0 Å². The molecule has 1 atom stereocenters. The third kappa shape index (κ3) is 5.75. The Bertz CT molecular complexity index is 668. The van der Waals surface area contributed by atoms with Crippen LogP contribution in [-0.2, 0) is 9.59 Å². The molecular formula is C21H31FN4O2. The van der Waals surface area contributed by atoms with Gasteiger partial charge in [0.2, 0.25) is 11.8 Å². The minimum absolute atomic E-state index is 0.139. The lowest BCUT2D eigenvalue weighted by Crippen LogP contribution is -2.54. The smallest absolute Gasteiger partial charge is 0.241 e. The summed E-state index contributed by atoms with van der Waals surface area (Å²) < 4.78 is 13.3. The van der Waals surface area contributed by atoms with Gasteiger partial charge >= 0.3 is 0 Å². The van der Waals surface area contributed by atoms with Gasteiger partial charge in [0, 0.05) is 45.0 Å². The second-order valence-corrected chi connectivity index (χ2v) is 7.78. The number of amides is 2. The van der Waals surface area contributed by atoms with Gasteiger partial charge in [0.1, 0.15) is 5.82 Å². The molecular weight excluding hydrogens is 359 g/mol. The summed E-state index contributed by atoms with van der Waals surface area (Å²) in [5.74, 6) is -0.278. The largest absolute Gasteiger partial charge is 0.342 e. The predicted molar refractivity (Wildman–Crippen MR) is 108 cm³/mol. The van der Waals surface area contributed by atoms with Crippen LogP contribution in [0.2, 0.25) is 0 Å². The first kappa shape index (κ1) is 20.7. The van der Waals surface area contributed by atoms with E-state index in [0.29, 0.717) is 12.2 Å². The minimum atomic E-state index is -0.367. The first-order valence-corrected chi connectivity index (χ1v) is 10.3. The number of halogens is 1. The van der Waals surface area contributed by atoms with E-state index in [1.54, 1.807) is 12.1 Å². The number of benzene rings is 1. The number of carbonyl (C=O) groups is 2. The summed E-state index contributed by atoms with van der Waals surface area (Å²) in [4.78, 5) is 31.3. The van der Waals surface area contributed by atoms with Gasteiger partial charge in [-0.25, -0.2) is 4.39 Å². The lowest BCUT2D eigenvalue weighted by Gasteiger charge is -2.37. The topological polar surface area (TPSA) is 55.9 Å². The zero-order chi connectivity index (χ0) is 19.9. The van der Waals surface area contributed by atoms with Crippen LogP contribution in [0.25, 0.3) is 0 Å². The van der Waals surface area contributed by atoms with Crippen molar-refractivity contribution in [2.45, 2.75) is 38.6 Å². The molecule has 1 aromatic rings. The predicted octanol–water partition coefficient (Wildman–Crippen LogP) is 2.17. The highest BCUT2D eigenvalue weighted by Gasteiger charge is 2.27. The highest BCUT2D eigenvalue weighted by molar-refractivity contribution is 5.94. The van der Waals surface area contributed by atoms with Crippen molar-refractivity contribution in [1.82, 2.24) is 14.7 Å². The number of piperazine rings is 1. The summed E-state index contributed by atoms with van der Waals surface area (Å²) in [5, 5.41) is 2.78. The summed E-state index contributed by atoms with van der Waals surface area (Å²) in [7, 11) is 0. The Hall–Kier alpha value is -1.99. The van der Waals surface area contributed by atoms with E-state index in [-0.39, 0.29) is 23.7 Å². The van der Waals surface area contributed by atoms with E-state index in [1.807, 2.05) is 11.8 Å². The Kier molecular flexibility index (Phi) is 7.39. The number of carbonyl (C=O) groups excluding carboxylic acids is 2. The first-order chi connectivity index (χ1) is 13.5. The van der Waals surface area contributed by atoms with Crippen molar-refractivity contribution in [3.05, 3.63) is 30.1 Å². The van der Waals surface area contributed by atoms with E-state index in [4.69, 9.17) is 0 Å². The summed E-state index contributed by atoms with van der Waals surface area (Å²) in [6.45, 7) is 7.14. The molecule has 1 aromatic carbocycles. The molecule has 3 rings (SSSR count). The quantitative estimate of drug-likeness (QED) is 0.837. The molecule has 1 N–H and O–H groups in total. The number of hydrogen-bond donors (Lipinski definition) is 1. The Morgan fingerprint density at radius 1 is 1.04 bits per heavy atom. The van der Waals surface area contributed by atoms with Crippen LogP contribution in [0.15, 0.2) is 24.3 Å². The maximum atomic E-state index is 13.3. The molecule has 2 aliphatic rings. The van der Waals surface area contributed by atoms with Crippen LogP contribution < -0.4 is 5.32 Å². The summed E-state index contributed by atoms with van der Waals surface area (Å²) in [5.41, 5.74) is 0.471.